The van der Waals surface area contributed by atoms with Gasteiger partial charge in [0.2, 0.25) is 10.0 Å². The first-order valence-corrected chi connectivity index (χ1v) is 9.10. The molecule has 0 spiro atoms. The van der Waals surface area contributed by atoms with Gasteiger partial charge in [-0.15, -0.1) is 0 Å². The Balaban J connectivity index is 2.37. The molecular formula is C16H26N2O2S. The summed E-state index contributed by atoms with van der Waals surface area (Å²) < 4.78 is 28.5. The molecule has 21 heavy (non-hydrogen) atoms. The van der Waals surface area contributed by atoms with Crippen LogP contribution in [0.5, 0.6) is 0 Å². The topological polar surface area (TPSA) is 72.2 Å². The lowest BCUT2D eigenvalue weighted by Crippen LogP contribution is -2.47. The first kappa shape index (κ1) is 16.5. The van der Waals surface area contributed by atoms with E-state index in [1.165, 1.54) is 6.42 Å². The van der Waals surface area contributed by atoms with E-state index in [0.717, 1.165) is 42.4 Å². The molecule has 0 radical (unpaired) electrons. The Morgan fingerprint density at radius 3 is 2.38 bits per heavy atom. The van der Waals surface area contributed by atoms with Crippen molar-refractivity contribution >= 4 is 10.0 Å². The van der Waals surface area contributed by atoms with Gasteiger partial charge in [-0.1, -0.05) is 25.3 Å². The zero-order valence-corrected chi connectivity index (χ0v) is 14.0. The molecule has 1 aliphatic rings. The summed E-state index contributed by atoms with van der Waals surface area (Å²) in [5.41, 5.74) is 7.98. The first-order chi connectivity index (χ1) is 9.77. The van der Waals surface area contributed by atoms with Gasteiger partial charge in [-0.2, -0.15) is 0 Å². The van der Waals surface area contributed by atoms with Crippen LogP contribution in [0.4, 0.5) is 0 Å². The minimum atomic E-state index is -3.51. The van der Waals surface area contributed by atoms with Crippen molar-refractivity contribution in [2.45, 2.75) is 69.9 Å². The highest BCUT2D eigenvalue weighted by atomic mass is 32.2. The minimum Gasteiger partial charge on any atom is -0.326 e. The van der Waals surface area contributed by atoms with Crippen LogP contribution in [-0.4, -0.2) is 14.0 Å². The van der Waals surface area contributed by atoms with E-state index in [0.29, 0.717) is 11.4 Å². The molecule has 0 aromatic heterocycles. The highest BCUT2D eigenvalue weighted by Gasteiger charge is 2.32. The Labute approximate surface area is 128 Å². The average molecular weight is 310 g/mol. The van der Waals surface area contributed by atoms with E-state index in [-0.39, 0.29) is 5.54 Å². The number of nitrogens with one attached hydrogen (secondary N) is 1. The fraction of sp³-hybridized carbons (Fsp3) is 0.625. The third-order valence-corrected chi connectivity index (χ3v) is 6.31. The molecule has 5 heteroatoms. The molecule has 0 bridgehead atoms. The van der Waals surface area contributed by atoms with Crippen LogP contribution in [-0.2, 0) is 16.6 Å². The molecule has 1 aromatic carbocycles. The lowest BCUT2D eigenvalue weighted by Gasteiger charge is -2.34. The second kappa shape index (κ2) is 6.07. The van der Waals surface area contributed by atoms with E-state index in [9.17, 15) is 8.42 Å². The molecule has 0 unspecified atom stereocenters. The SMILES string of the molecule is Cc1cc(CN)cc(S(=O)(=O)NC2(C)CCCCC2)c1C. The lowest BCUT2D eigenvalue weighted by molar-refractivity contribution is 0.294. The maximum atomic E-state index is 12.8. The van der Waals surface area contributed by atoms with Gasteiger partial charge in [0.15, 0.2) is 0 Å². The summed E-state index contributed by atoms with van der Waals surface area (Å²) >= 11 is 0. The van der Waals surface area contributed by atoms with Crippen molar-refractivity contribution in [1.29, 1.82) is 0 Å². The standard InChI is InChI=1S/C16H26N2O2S/c1-12-9-14(11-17)10-15(13(12)2)21(19,20)18-16(3)7-5-4-6-8-16/h9-10,18H,4-8,11,17H2,1-3H3. The maximum absolute atomic E-state index is 12.8. The van der Waals surface area contributed by atoms with Crippen LogP contribution in [0, 0.1) is 13.8 Å². The Hall–Kier alpha value is -0.910. The van der Waals surface area contributed by atoms with Crippen LogP contribution in [0.2, 0.25) is 0 Å². The zero-order valence-electron chi connectivity index (χ0n) is 13.2. The molecular weight excluding hydrogens is 284 g/mol. The normalized spacial score (nSPS) is 18.7. The van der Waals surface area contributed by atoms with E-state index in [1.807, 2.05) is 26.8 Å². The summed E-state index contributed by atoms with van der Waals surface area (Å²) in [5.74, 6) is 0. The molecule has 3 N–H and O–H groups in total. The van der Waals surface area contributed by atoms with Gasteiger partial charge in [-0.25, -0.2) is 13.1 Å². The fourth-order valence-corrected chi connectivity index (χ4v) is 4.94. The summed E-state index contributed by atoms with van der Waals surface area (Å²) in [6, 6.07) is 3.66. The molecule has 1 saturated carbocycles. The van der Waals surface area contributed by atoms with Crippen molar-refractivity contribution in [2.24, 2.45) is 5.73 Å². The molecule has 1 fully saturated rings. The molecule has 0 saturated heterocycles. The Morgan fingerprint density at radius 1 is 1.19 bits per heavy atom. The Bertz CT molecular complexity index is 617. The number of benzene rings is 1. The number of aryl methyl sites for hydroxylation is 1. The number of sulfonamides is 1. The van der Waals surface area contributed by atoms with E-state index < -0.39 is 10.0 Å². The monoisotopic (exact) mass is 310 g/mol. The van der Waals surface area contributed by atoms with Gasteiger partial charge in [0.05, 0.1) is 4.90 Å². The van der Waals surface area contributed by atoms with Crippen molar-refractivity contribution in [3.8, 4) is 0 Å². The Morgan fingerprint density at radius 2 is 1.81 bits per heavy atom. The third-order valence-electron chi connectivity index (χ3n) is 4.54. The Kier molecular flexibility index (Phi) is 4.76. The van der Waals surface area contributed by atoms with Gasteiger partial charge < -0.3 is 5.73 Å². The molecule has 2 rings (SSSR count). The second-order valence-electron chi connectivity index (χ2n) is 6.47. The molecule has 0 amide bonds. The van der Waals surface area contributed by atoms with Crippen molar-refractivity contribution < 1.29 is 8.42 Å². The van der Waals surface area contributed by atoms with Crippen LogP contribution in [0.1, 0.15) is 55.7 Å². The van der Waals surface area contributed by atoms with Crippen LogP contribution in [0.3, 0.4) is 0 Å². The van der Waals surface area contributed by atoms with Crippen LogP contribution in [0.25, 0.3) is 0 Å². The van der Waals surface area contributed by atoms with Crippen LogP contribution < -0.4 is 10.5 Å². The molecule has 4 nitrogen and oxygen atoms in total. The van der Waals surface area contributed by atoms with Gasteiger partial charge in [-0.3, -0.25) is 0 Å². The predicted octanol–water partition coefficient (Wildman–Crippen LogP) is 2.76. The van der Waals surface area contributed by atoms with Crippen molar-refractivity contribution in [3.63, 3.8) is 0 Å². The highest BCUT2D eigenvalue weighted by molar-refractivity contribution is 7.89. The first-order valence-electron chi connectivity index (χ1n) is 7.62. The molecule has 118 valence electrons. The van der Waals surface area contributed by atoms with E-state index in [4.69, 9.17) is 5.73 Å². The van der Waals surface area contributed by atoms with Crippen molar-refractivity contribution in [1.82, 2.24) is 4.72 Å². The minimum absolute atomic E-state index is 0.323. The zero-order chi connectivity index (χ0) is 15.7. The third kappa shape index (κ3) is 3.65. The average Bonchev–Trinajstić information content (AvgIpc) is 2.41. The van der Waals surface area contributed by atoms with Gasteiger partial charge >= 0.3 is 0 Å². The van der Waals surface area contributed by atoms with E-state index in [2.05, 4.69) is 4.72 Å². The van der Waals surface area contributed by atoms with Crippen LogP contribution in [0.15, 0.2) is 17.0 Å². The smallest absolute Gasteiger partial charge is 0.241 e. The summed E-state index contributed by atoms with van der Waals surface area (Å²) in [6.45, 7) is 6.14. The molecule has 0 aliphatic heterocycles. The number of nitrogens with two attached hydrogens (primary N) is 1. The molecule has 1 aliphatic carbocycles. The predicted molar refractivity (Wildman–Crippen MR) is 85.6 cm³/mol. The molecule has 0 atom stereocenters. The summed E-state index contributed by atoms with van der Waals surface area (Å²) in [5, 5.41) is 0. The summed E-state index contributed by atoms with van der Waals surface area (Å²) in [6.07, 6.45) is 5.17. The quantitative estimate of drug-likeness (QED) is 0.898. The van der Waals surface area contributed by atoms with Gasteiger partial charge in [0.25, 0.3) is 0 Å². The van der Waals surface area contributed by atoms with Crippen molar-refractivity contribution in [3.05, 3.63) is 28.8 Å². The van der Waals surface area contributed by atoms with Gasteiger partial charge in [0.1, 0.15) is 0 Å². The van der Waals surface area contributed by atoms with Gasteiger partial charge in [0, 0.05) is 12.1 Å². The van der Waals surface area contributed by atoms with E-state index in [1.54, 1.807) is 6.07 Å². The highest BCUT2D eigenvalue weighted by Crippen LogP contribution is 2.30. The van der Waals surface area contributed by atoms with Crippen molar-refractivity contribution in [2.75, 3.05) is 0 Å². The lowest BCUT2D eigenvalue weighted by atomic mass is 9.84. The number of hydrogen-bond acceptors (Lipinski definition) is 3. The number of hydrogen-bond donors (Lipinski definition) is 2. The summed E-state index contributed by atoms with van der Waals surface area (Å²) in [4.78, 5) is 0.370. The van der Waals surface area contributed by atoms with Gasteiger partial charge in [-0.05, 0) is 56.4 Å². The van der Waals surface area contributed by atoms with E-state index >= 15 is 0 Å². The second-order valence-corrected chi connectivity index (χ2v) is 8.12. The fourth-order valence-electron chi connectivity index (χ4n) is 3.11. The maximum Gasteiger partial charge on any atom is 0.241 e. The molecule has 0 heterocycles. The largest absolute Gasteiger partial charge is 0.326 e. The molecule has 1 aromatic rings. The summed E-state index contributed by atoms with van der Waals surface area (Å²) in [7, 11) is -3.51. The van der Waals surface area contributed by atoms with Crippen LogP contribution >= 0.6 is 0 Å². The number of rotatable bonds is 4.